The van der Waals surface area contributed by atoms with E-state index in [9.17, 15) is 0 Å². The third-order valence-electron chi connectivity index (χ3n) is 2.71. The molecule has 1 aromatic rings. The Balaban J connectivity index is 2.08. The van der Waals surface area contributed by atoms with Crippen LogP contribution in [0.5, 0.6) is 11.5 Å². The maximum Gasteiger partial charge on any atom is 0.146 e. The highest BCUT2D eigenvalue weighted by Gasteiger charge is 2.17. The Hall–Kier alpha value is -1.42. The molecule has 0 aliphatic carbocycles. The van der Waals surface area contributed by atoms with Crippen LogP contribution in [0, 0.1) is 0 Å². The Morgan fingerprint density at radius 3 is 2.62 bits per heavy atom. The molecule has 1 saturated heterocycles. The van der Waals surface area contributed by atoms with Crippen LogP contribution in [-0.4, -0.2) is 26.4 Å². The zero-order chi connectivity index (χ0) is 11.4. The highest BCUT2D eigenvalue weighted by atomic mass is 16.5. The van der Waals surface area contributed by atoms with Gasteiger partial charge in [0, 0.05) is 12.8 Å². The lowest BCUT2D eigenvalue weighted by Crippen LogP contribution is -2.26. The quantitative estimate of drug-likeness (QED) is 0.794. The summed E-state index contributed by atoms with van der Waals surface area (Å²) in [4.78, 5) is 0. The zero-order valence-electron chi connectivity index (χ0n) is 9.44. The molecule has 0 spiro atoms. The van der Waals surface area contributed by atoms with Crippen molar-refractivity contribution in [3.05, 3.63) is 18.2 Å². The summed E-state index contributed by atoms with van der Waals surface area (Å²) < 4.78 is 16.3. The maximum atomic E-state index is 5.93. The van der Waals surface area contributed by atoms with E-state index in [2.05, 4.69) is 0 Å². The lowest BCUT2D eigenvalue weighted by molar-refractivity contribution is 0.0258. The molecule has 0 bridgehead atoms. The summed E-state index contributed by atoms with van der Waals surface area (Å²) in [5, 5.41) is 0. The first kappa shape index (κ1) is 11.1. The molecule has 0 unspecified atom stereocenters. The number of anilines is 1. The molecule has 0 atom stereocenters. The van der Waals surface area contributed by atoms with Crippen molar-refractivity contribution < 1.29 is 14.2 Å². The smallest absolute Gasteiger partial charge is 0.146 e. The minimum Gasteiger partial charge on any atom is -0.494 e. The van der Waals surface area contributed by atoms with Crippen molar-refractivity contribution in [3.63, 3.8) is 0 Å². The number of nitrogen functional groups attached to an aromatic ring is 1. The number of ether oxygens (including phenoxy) is 3. The van der Waals surface area contributed by atoms with Gasteiger partial charge < -0.3 is 19.9 Å². The van der Waals surface area contributed by atoms with Gasteiger partial charge in [0.05, 0.1) is 20.3 Å². The molecule has 88 valence electrons. The molecule has 0 amide bonds. The lowest BCUT2D eigenvalue weighted by atomic mass is 10.1. The molecular weight excluding hydrogens is 206 g/mol. The van der Waals surface area contributed by atoms with Crippen LogP contribution in [0.15, 0.2) is 18.2 Å². The predicted molar refractivity (Wildman–Crippen MR) is 61.9 cm³/mol. The molecule has 4 nitrogen and oxygen atoms in total. The summed E-state index contributed by atoms with van der Waals surface area (Å²) in [5.41, 5.74) is 6.50. The topological polar surface area (TPSA) is 53.7 Å². The van der Waals surface area contributed by atoms with E-state index in [4.69, 9.17) is 19.9 Å². The molecule has 16 heavy (non-hydrogen) atoms. The van der Waals surface area contributed by atoms with Crippen molar-refractivity contribution >= 4 is 5.69 Å². The van der Waals surface area contributed by atoms with E-state index >= 15 is 0 Å². The number of benzene rings is 1. The minimum absolute atomic E-state index is 0.197. The fourth-order valence-electron chi connectivity index (χ4n) is 1.78. The first-order valence-corrected chi connectivity index (χ1v) is 5.48. The van der Waals surface area contributed by atoms with Crippen LogP contribution >= 0.6 is 0 Å². The van der Waals surface area contributed by atoms with Crippen LogP contribution in [0.4, 0.5) is 5.69 Å². The molecule has 0 aromatic heterocycles. The Kier molecular flexibility index (Phi) is 3.51. The van der Waals surface area contributed by atoms with E-state index < -0.39 is 0 Å². The summed E-state index contributed by atoms with van der Waals surface area (Å²) in [7, 11) is 1.60. The van der Waals surface area contributed by atoms with E-state index in [0.29, 0.717) is 17.2 Å². The van der Waals surface area contributed by atoms with Crippen LogP contribution in [0.2, 0.25) is 0 Å². The van der Waals surface area contributed by atoms with Crippen LogP contribution in [-0.2, 0) is 4.74 Å². The third-order valence-corrected chi connectivity index (χ3v) is 2.71. The molecule has 1 fully saturated rings. The highest BCUT2D eigenvalue weighted by Crippen LogP contribution is 2.32. The van der Waals surface area contributed by atoms with Gasteiger partial charge in [-0.05, 0) is 12.1 Å². The summed E-state index contributed by atoms with van der Waals surface area (Å²) in [6, 6.07) is 5.57. The van der Waals surface area contributed by atoms with Gasteiger partial charge >= 0.3 is 0 Å². The third kappa shape index (κ3) is 2.39. The lowest BCUT2D eigenvalue weighted by Gasteiger charge is -2.24. The van der Waals surface area contributed by atoms with Crippen molar-refractivity contribution in [2.45, 2.75) is 18.9 Å². The van der Waals surface area contributed by atoms with Gasteiger partial charge in [0.15, 0.2) is 0 Å². The second-order valence-corrected chi connectivity index (χ2v) is 3.80. The van der Waals surface area contributed by atoms with Crippen LogP contribution in [0.25, 0.3) is 0 Å². The Morgan fingerprint density at radius 1 is 1.25 bits per heavy atom. The maximum absolute atomic E-state index is 5.93. The Bertz CT molecular complexity index is 348. The van der Waals surface area contributed by atoms with Crippen molar-refractivity contribution in [2.75, 3.05) is 26.1 Å². The number of methoxy groups -OCH3 is 1. The van der Waals surface area contributed by atoms with Crippen molar-refractivity contribution in [3.8, 4) is 11.5 Å². The number of para-hydroxylation sites is 1. The molecule has 0 radical (unpaired) electrons. The minimum atomic E-state index is 0.197. The molecule has 1 aliphatic rings. The Morgan fingerprint density at radius 2 is 1.94 bits per heavy atom. The van der Waals surface area contributed by atoms with Crippen LogP contribution in [0.3, 0.4) is 0 Å². The summed E-state index contributed by atoms with van der Waals surface area (Å²) in [5.74, 6) is 1.36. The van der Waals surface area contributed by atoms with E-state index in [1.54, 1.807) is 7.11 Å². The molecular formula is C12H17NO3. The normalized spacial score (nSPS) is 17.1. The molecule has 1 aromatic carbocycles. The van der Waals surface area contributed by atoms with Crippen molar-refractivity contribution in [1.82, 2.24) is 0 Å². The average molecular weight is 223 g/mol. The van der Waals surface area contributed by atoms with Gasteiger partial charge in [-0.2, -0.15) is 0 Å². The second-order valence-electron chi connectivity index (χ2n) is 3.80. The number of hydrogen-bond donors (Lipinski definition) is 1. The van der Waals surface area contributed by atoms with Gasteiger partial charge in [0.25, 0.3) is 0 Å². The van der Waals surface area contributed by atoms with Gasteiger partial charge in [-0.1, -0.05) is 6.07 Å². The fourth-order valence-corrected chi connectivity index (χ4v) is 1.78. The first-order chi connectivity index (χ1) is 7.81. The standard InChI is InChI=1S/C12H17NO3/c1-14-10-3-2-4-11(12(10)13)16-9-5-7-15-8-6-9/h2-4,9H,5-8,13H2,1H3. The summed E-state index contributed by atoms with van der Waals surface area (Å²) in [6.45, 7) is 1.52. The van der Waals surface area contributed by atoms with E-state index in [1.165, 1.54) is 0 Å². The van der Waals surface area contributed by atoms with E-state index in [-0.39, 0.29) is 6.10 Å². The molecule has 2 rings (SSSR count). The molecule has 1 heterocycles. The molecule has 1 aliphatic heterocycles. The van der Waals surface area contributed by atoms with Crippen LogP contribution < -0.4 is 15.2 Å². The highest BCUT2D eigenvalue weighted by molar-refractivity contribution is 5.62. The van der Waals surface area contributed by atoms with Gasteiger partial charge in [0.2, 0.25) is 0 Å². The van der Waals surface area contributed by atoms with Crippen molar-refractivity contribution in [1.29, 1.82) is 0 Å². The van der Waals surface area contributed by atoms with Crippen LogP contribution in [0.1, 0.15) is 12.8 Å². The first-order valence-electron chi connectivity index (χ1n) is 5.48. The van der Waals surface area contributed by atoms with Gasteiger partial charge in [0.1, 0.15) is 23.3 Å². The molecule has 0 saturated carbocycles. The molecule has 2 N–H and O–H groups in total. The SMILES string of the molecule is COc1cccc(OC2CCOCC2)c1N. The van der Waals surface area contributed by atoms with Gasteiger partial charge in [-0.3, -0.25) is 0 Å². The van der Waals surface area contributed by atoms with Gasteiger partial charge in [-0.15, -0.1) is 0 Å². The monoisotopic (exact) mass is 223 g/mol. The fraction of sp³-hybridized carbons (Fsp3) is 0.500. The van der Waals surface area contributed by atoms with Gasteiger partial charge in [-0.25, -0.2) is 0 Å². The Labute approximate surface area is 95.3 Å². The number of nitrogens with two attached hydrogens (primary N) is 1. The van der Waals surface area contributed by atoms with E-state index in [1.807, 2.05) is 18.2 Å². The number of hydrogen-bond acceptors (Lipinski definition) is 4. The summed E-state index contributed by atoms with van der Waals surface area (Å²) in [6.07, 6.45) is 2.02. The average Bonchev–Trinajstić information content (AvgIpc) is 2.33. The number of rotatable bonds is 3. The van der Waals surface area contributed by atoms with Crippen molar-refractivity contribution in [2.24, 2.45) is 0 Å². The van der Waals surface area contributed by atoms with E-state index in [0.717, 1.165) is 26.1 Å². The second kappa shape index (κ2) is 5.07. The largest absolute Gasteiger partial charge is 0.494 e. The molecule has 4 heteroatoms. The summed E-state index contributed by atoms with van der Waals surface area (Å²) >= 11 is 0. The predicted octanol–water partition coefficient (Wildman–Crippen LogP) is 1.84. The zero-order valence-corrected chi connectivity index (χ0v) is 9.44.